The number of hydrogen-bond donors (Lipinski definition) is 1. The zero-order valence-corrected chi connectivity index (χ0v) is 25.0. The molecule has 13 heteroatoms. The fourth-order valence-electron chi connectivity index (χ4n) is 5.49. The van der Waals surface area contributed by atoms with Gasteiger partial charge in [-0.05, 0) is 54.2 Å². The lowest BCUT2D eigenvalue weighted by atomic mass is 9.98. The lowest BCUT2D eigenvalue weighted by Gasteiger charge is -2.14. The maximum absolute atomic E-state index is 15.8. The van der Waals surface area contributed by atoms with Gasteiger partial charge in [-0.1, -0.05) is 41.6 Å². The van der Waals surface area contributed by atoms with Crippen molar-refractivity contribution < 1.29 is 22.8 Å². The fraction of sp³-hybridized carbons (Fsp3) is 0.182. The maximum Gasteiger partial charge on any atom is 0.439 e. The highest BCUT2D eigenvalue weighted by molar-refractivity contribution is 7.18. The quantitative estimate of drug-likeness (QED) is 0.211. The molecule has 0 bridgehead atoms. The van der Waals surface area contributed by atoms with E-state index in [1.807, 2.05) is 0 Å². The molecule has 1 fully saturated rings. The predicted molar refractivity (Wildman–Crippen MR) is 167 cm³/mol. The Balaban J connectivity index is 1.29. The minimum absolute atomic E-state index is 0.0162. The normalized spacial score (nSPS) is 12.9. The number of ether oxygens (including phenoxy) is 1. The van der Waals surface area contributed by atoms with Gasteiger partial charge < -0.3 is 4.74 Å². The van der Waals surface area contributed by atoms with Gasteiger partial charge in [0, 0.05) is 22.1 Å². The molecule has 3 heterocycles. The van der Waals surface area contributed by atoms with E-state index in [2.05, 4.69) is 14.7 Å². The van der Waals surface area contributed by atoms with Crippen LogP contribution in [0.15, 0.2) is 85.6 Å². The summed E-state index contributed by atoms with van der Waals surface area (Å²) in [6.07, 6.45) is 1.93. The average molecular weight is 643 g/mol. The number of Topliss-reactive ketones (excluding diaryl/α,β-unsaturated/α-hetero) is 1. The molecule has 6 aromatic rings. The molecular weight excluding hydrogens is 618 g/mol. The Morgan fingerprint density at radius 2 is 1.80 bits per heavy atom. The van der Waals surface area contributed by atoms with Crippen LogP contribution in [0.2, 0.25) is 0 Å². The minimum atomic E-state index is -0.778. The van der Waals surface area contributed by atoms with Gasteiger partial charge in [0.25, 0.3) is 5.56 Å². The van der Waals surface area contributed by atoms with Crippen molar-refractivity contribution in [2.45, 2.75) is 31.8 Å². The highest BCUT2D eigenvalue weighted by Gasteiger charge is 2.28. The summed E-state index contributed by atoms with van der Waals surface area (Å²) in [6, 6.07) is 16.7. The van der Waals surface area contributed by atoms with Crippen LogP contribution in [0.25, 0.3) is 32.7 Å². The van der Waals surface area contributed by atoms with Crippen LogP contribution in [0.5, 0.6) is 5.75 Å². The molecule has 0 aliphatic heterocycles. The monoisotopic (exact) mass is 642 g/mol. The van der Waals surface area contributed by atoms with Crippen LogP contribution in [0.4, 0.5) is 8.78 Å². The number of benzene rings is 3. The van der Waals surface area contributed by atoms with Gasteiger partial charge in [0.2, 0.25) is 0 Å². The number of rotatable bonds is 9. The molecule has 3 aromatic heterocycles. The summed E-state index contributed by atoms with van der Waals surface area (Å²) in [7, 11) is 1.29. The number of fused-ring (bicyclic) bond motifs is 1. The fourth-order valence-corrected chi connectivity index (χ4v) is 6.80. The summed E-state index contributed by atoms with van der Waals surface area (Å²) < 4.78 is 41.5. The van der Waals surface area contributed by atoms with E-state index in [0.717, 1.165) is 34.4 Å². The van der Waals surface area contributed by atoms with E-state index in [1.54, 1.807) is 42.5 Å². The van der Waals surface area contributed by atoms with Crippen LogP contribution >= 0.6 is 11.3 Å². The molecule has 3 aromatic carbocycles. The number of H-pyrrole nitrogens is 1. The number of halogens is 2. The summed E-state index contributed by atoms with van der Waals surface area (Å²) >= 11 is 1.32. The lowest BCUT2D eigenvalue weighted by molar-refractivity contribution is 0.0965. The van der Waals surface area contributed by atoms with Crippen molar-refractivity contribution in [2.75, 3.05) is 7.11 Å². The molecule has 0 radical (unpaired) electrons. The SMILES string of the molecule is COc1cc(F)ccc1C(=O)Cn1c(=O)c2cc(C3CC3)sc2n(Cc2ccc(-c3ccccc3-c3noc(=O)[nH]3)cc2F)c1=O. The molecule has 46 heavy (non-hydrogen) atoms. The molecule has 0 atom stereocenters. The number of thiophene rings is 1. The van der Waals surface area contributed by atoms with Gasteiger partial charge in [-0.15, -0.1) is 11.3 Å². The number of carbonyl (C=O) groups excluding carboxylic acids is 1. The van der Waals surface area contributed by atoms with E-state index in [4.69, 9.17) is 4.74 Å². The molecule has 1 aliphatic rings. The van der Waals surface area contributed by atoms with Crippen molar-refractivity contribution in [1.82, 2.24) is 19.3 Å². The average Bonchev–Trinajstić information content (AvgIpc) is 3.66. The molecule has 0 unspecified atom stereocenters. The number of methoxy groups -OCH3 is 1. The van der Waals surface area contributed by atoms with Crippen LogP contribution in [-0.4, -0.2) is 32.2 Å². The second-order valence-corrected chi connectivity index (χ2v) is 12.0. The molecular formula is C33H24F2N4O6S. The molecule has 0 amide bonds. The zero-order valence-electron chi connectivity index (χ0n) is 24.2. The second kappa shape index (κ2) is 11.5. The van der Waals surface area contributed by atoms with Crippen molar-refractivity contribution in [2.24, 2.45) is 0 Å². The molecule has 1 aliphatic carbocycles. The summed E-state index contributed by atoms with van der Waals surface area (Å²) in [5.74, 6) is -2.10. The number of nitrogens with zero attached hydrogens (tertiary/aromatic N) is 3. The first-order valence-corrected chi connectivity index (χ1v) is 15.1. The Kier molecular flexibility index (Phi) is 7.32. The van der Waals surface area contributed by atoms with Gasteiger partial charge in [-0.25, -0.2) is 18.4 Å². The van der Waals surface area contributed by atoms with Crippen molar-refractivity contribution in [3.63, 3.8) is 0 Å². The summed E-state index contributed by atoms with van der Waals surface area (Å²) in [4.78, 5) is 56.2. The Hall–Kier alpha value is -5.43. The highest BCUT2D eigenvalue weighted by Crippen LogP contribution is 2.44. The first-order chi connectivity index (χ1) is 22.2. The summed E-state index contributed by atoms with van der Waals surface area (Å²) in [6.45, 7) is -0.828. The predicted octanol–water partition coefficient (Wildman–Crippen LogP) is 5.33. The Labute approximate surface area is 262 Å². The largest absolute Gasteiger partial charge is 0.496 e. The summed E-state index contributed by atoms with van der Waals surface area (Å²) in [5, 5.41) is 4.01. The Bertz CT molecular complexity index is 2350. The number of nitrogens with one attached hydrogen (secondary N) is 1. The number of aromatic nitrogens is 4. The smallest absolute Gasteiger partial charge is 0.439 e. The minimum Gasteiger partial charge on any atom is -0.496 e. The zero-order chi connectivity index (χ0) is 32.1. The third-order valence-electron chi connectivity index (χ3n) is 7.97. The Morgan fingerprint density at radius 3 is 2.50 bits per heavy atom. The van der Waals surface area contributed by atoms with Crippen LogP contribution < -0.4 is 21.7 Å². The topological polar surface area (TPSA) is 129 Å². The van der Waals surface area contributed by atoms with Crippen molar-refractivity contribution >= 4 is 27.3 Å². The van der Waals surface area contributed by atoms with E-state index in [-0.39, 0.29) is 40.5 Å². The molecule has 1 N–H and O–H groups in total. The number of ketones is 1. The standard InChI is InChI=1S/C33H24F2N4O6S/c1-44-27-13-20(34)10-11-23(27)26(40)16-38-30(41)24-14-28(17-6-7-17)46-31(24)39(33(38)43)15-19-9-8-18(12-25(19)35)21-4-2-3-5-22(21)29-36-32(42)45-37-29/h2-5,8-14,17H,6-7,15-16H2,1H3,(H,36,37,42). The van der Waals surface area contributed by atoms with Gasteiger partial charge >= 0.3 is 11.4 Å². The van der Waals surface area contributed by atoms with Crippen LogP contribution in [0, 0.1) is 11.6 Å². The van der Waals surface area contributed by atoms with E-state index in [0.29, 0.717) is 21.5 Å². The van der Waals surface area contributed by atoms with Crippen molar-refractivity contribution in [3.05, 3.63) is 126 Å². The maximum atomic E-state index is 15.8. The van der Waals surface area contributed by atoms with Gasteiger partial charge in [0.1, 0.15) is 22.2 Å². The molecule has 1 saturated carbocycles. The van der Waals surface area contributed by atoms with E-state index in [9.17, 15) is 23.6 Å². The lowest BCUT2D eigenvalue weighted by Crippen LogP contribution is -2.41. The van der Waals surface area contributed by atoms with E-state index >= 15 is 4.39 Å². The third kappa shape index (κ3) is 5.28. The molecule has 7 rings (SSSR count). The molecule has 232 valence electrons. The first-order valence-electron chi connectivity index (χ1n) is 14.3. The third-order valence-corrected chi connectivity index (χ3v) is 9.30. The van der Waals surface area contributed by atoms with E-state index in [1.165, 1.54) is 35.1 Å². The molecule has 0 saturated heterocycles. The second-order valence-electron chi connectivity index (χ2n) is 11.0. The van der Waals surface area contributed by atoms with E-state index < -0.39 is 41.0 Å². The molecule has 10 nitrogen and oxygen atoms in total. The number of hydrogen-bond acceptors (Lipinski definition) is 8. The summed E-state index contributed by atoms with van der Waals surface area (Å²) in [5.41, 5.74) is 0.396. The van der Waals surface area contributed by atoms with Crippen LogP contribution in [0.1, 0.15) is 39.6 Å². The number of aromatic amines is 1. The van der Waals surface area contributed by atoms with Crippen LogP contribution in [0.3, 0.4) is 0 Å². The van der Waals surface area contributed by atoms with Gasteiger partial charge in [-0.2, -0.15) is 0 Å². The van der Waals surface area contributed by atoms with Crippen molar-refractivity contribution in [3.8, 4) is 28.3 Å². The van der Waals surface area contributed by atoms with Gasteiger partial charge in [-0.3, -0.25) is 28.2 Å². The Morgan fingerprint density at radius 1 is 1.02 bits per heavy atom. The van der Waals surface area contributed by atoms with Crippen LogP contribution in [-0.2, 0) is 13.1 Å². The molecule has 0 spiro atoms. The van der Waals surface area contributed by atoms with Crippen molar-refractivity contribution in [1.29, 1.82) is 0 Å². The van der Waals surface area contributed by atoms with Gasteiger partial charge in [0.15, 0.2) is 11.6 Å². The van der Waals surface area contributed by atoms with Gasteiger partial charge in [0.05, 0.1) is 31.1 Å². The first kappa shape index (κ1) is 29.3. The number of carbonyl (C=O) groups is 1. The highest BCUT2D eigenvalue weighted by atomic mass is 32.1.